The minimum Gasteiger partial charge on any atom is -0.388 e. The standard InChI is InChI=1S/C17H24N2O3/c1-12-6-7-14(10-15(12)18-13(2)20)16(21)19(3)11-17(22)8-4-5-9-17/h6-7,10,22H,4-5,8-9,11H2,1-3H3,(H,18,20). The van der Waals surface area contributed by atoms with Gasteiger partial charge in [-0.25, -0.2) is 0 Å². The molecule has 1 aromatic rings. The molecule has 1 aliphatic rings. The van der Waals surface area contributed by atoms with Gasteiger partial charge in [0, 0.05) is 31.8 Å². The van der Waals surface area contributed by atoms with E-state index in [1.807, 2.05) is 13.0 Å². The van der Waals surface area contributed by atoms with Gasteiger partial charge in [0.25, 0.3) is 5.91 Å². The summed E-state index contributed by atoms with van der Waals surface area (Å²) in [7, 11) is 1.70. The van der Waals surface area contributed by atoms with E-state index >= 15 is 0 Å². The second-order valence-corrected chi connectivity index (χ2v) is 6.30. The summed E-state index contributed by atoms with van der Waals surface area (Å²) in [6.07, 6.45) is 3.51. The number of hydrogen-bond donors (Lipinski definition) is 2. The zero-order valence-electron chi connectivity index (χ0n) is 13.5. The summed E-state index contributed by atoms with van der Waals surface area (Å²) in [5.41, 5.74) is 1.31. The monoisotopic (exact) mass is 304 g/mol. The Morgan fingerprint density at radius 1 is 1.32 bits per heavy atom. The van der Waals surface area contributed by atoms with E-state index in [0.29, 0.717) is 17.8 Å². The molecule has 0 aromatic heterocycles. The van der Waals surface area contributed by atoms with Crippen LogP contribution >= 0.6 is 0 Å². The molecule has 2 N–H and O–H groups in total. The lowest BCUT2D eigenvalue weighted by Crippen LogP contribution is -2.42. The first-order valence-corrected chi connectivity index (χ1v) is 7.67. The van der Waals surface area contributed by atoms with Gasteiger partial charge >= 0.3 is 0 Å². The minimum absolute atomic E-state index is 0.146. The van der Waals surface area contributed by atoms with E-state index in [-0.39, 0.29) is 11.8 Å². The number of nitrogens with one attached hydrogen (secondary N) is 1. The van der Waals surface area contributed by atoms with E-state index in [9.17, 15) is 14.7 Å². The number of hydrogen-bond acceptors (Lipinski definition) is 3. The zero-order valence-corrected chi connectivity index (χ0v) is 13.5. The van der Waals surface area contributed by atoms with E-state index in [1.165, 1.54) is 6.92 Å². The van der Waals surface area contributed by atoms with Crippen LogP contribution in [0.2, 0.25) is 0 Å². The molecule has 2 rings (SSSR count). The van der Waals surface area contributed by atoms with Gasteiger partial charge < -0.3 is 15.3 Å². The molecule has 0 heterocycles. The molecule has 0 bridgehead atoms. The van der Waals surface area contributed by atoms with Gasteiger partial charge in [-0.15, -0.1) is 0 Å². The Kier molecular flexibility index (Phi) is 4.86. The molecule has 0 atom stereocenters. The maximum atomic E-state index is 12.5. The number of anilines is 1. The van der Waals surface area contributed by atoms with Crippen molar-refractivity contribution in [1.82, 2.24) is 4.90 Å². The van der Waals surface area contributed by atoms with Crippen molar-refractivity contribution in [1.29, 1.82) is 0 Å². The summed E-state index contributed by atoms with van der Waals surface area (Å²) in [6, 6.07) is 5.25. The van der Waals surface area contributed by atoms with Crippen molar-refractivity contribution in [2.45, 2.75) is 45.1 Å². The van der Waals surface area contributed by atoms with Crippen molar-refractivity contribution in [3.63, 3.8) is 0 Å². The lowest BCUT2D eigenvalue weighted by molar-refractivity contribution is -0.114. The summed E-state index contributed by atoms with van der Waals surface area (Å²) in [4.78, 5) is 25.3. The molecule has 1 aliphatic carbocycles. The number of likely N-dealkylation sites (N-methyl/N-ethyl adjacent to an activating group) is 1. The predicted octanol–water partition coefficient (Wildman–Crippen LogP) is 2.33. The third-order valence-corrected chi connectivity index (χ3v) is 4.21. The van der Waals surface area contributed by atoms with E-state index in [4.69, 9.17) is 0 Å². The van der Waals surface area contributed by atoms with Crippen molar-refractivity contribution >= 4 is 17.5 Å². The van der Waals surface area contributed by atoms with E-state index in [2.05, 4.69) is 5.32 Å². The summed E-state index contributed by atoms with van der Waals surface area (Å²) >= 11 is 0. The molecule has 0 unspecified atom stereocenters. The largest absolute Gasteiger partial charge is 0.388 e. The molecule has 0 aliphatic heterocycles. The summed E-state index contributed by atoms with van der Waals surface area (Å²) in [5, 5.41) is 13.2. The highest BCUT2D eigenvalue weighted by atomic mass is 16.3. The molecular formula is C17H24N2O3. The van der Waals surface area contributed by atoms with Crippen LogP contribution in [-0.4, -0.2) is 41.0 Å². The number of nitrogens with zero attached hydrogens (tertiary/aromatic N) is 1. The van der Waals surface area contributed by atoms with Crippen LogP contribution in [0, 0.1) is 6.92 Å². The third-order valence-electron chi connectivity index (χ3n) is 4.21. The van der Waals surface area contributed by atoms with Crippen molar-refractivity contribution in [3.05, 3.63) is 29.3 Å². The number of aryl methyl sites for hydroxylation is 1. The second-order valence-electron chi connectivity index (χ2n) is 6.30. The van der Waals surface area contributed by atoms with Gasteiger partial charge in [-0.05, 0) is 37.5 Å². The van der Waals surface area contributed by atoms with Gasteiger partial charge in [0.1, 0.15) is 0 Å². The van der Waals surface area contributed by atoms with Crippen LogP contribution in [0.15, 0.2) is 18.2 Å². The van der Waals surface area contributed by atoms with Gasteiger partial charge in [0.15, 0.2) is 0 Å². The van der Waals surface area contributed by atoms with Gasteiger partial charge in [-0.2, -0.15) is 0 Å². The lowest BCUT2D eigenvalue weighted by atomic mass is 10.0. The van der Waals surface area contributed by atoms with E-state index in [1.54, 1.807) is 24.1 Å². The van der Waals surface area contributed by atoms with Gasteiger partial charge in [0.2, 0.25) is 5.91 Å². The second kappa shape index (κ2) is 6.48. The van der Waals surface area contributed by atoms with Gasteiger partial charge in [0.05, 0.1) is 5.60 Å². The lowest BCUT2D eigenvalue weighted by Gasteiger charge is -2.28. The van der Waals surface area contributed by atoms with E-state index in [0.717, 1.165) is 31.2 Å². The molecule has 22 heavy (non-hydrogen) atoms. The van der Waals surface area contributed by atoms with Crippen LogP contribution in [0.5, 0.6) is 0 Å². The van der Waals surface area contributed by atoms with Crippen molar-refractivity contribution in [2.75, 3.05) is 18.9 Å². The summed E-state index contributed by atoms with van der Waals surface area (Å²) in [6.45, 7) is 3.66. The molecular weight excluding hydrogens is 280 g/mol. The Hall–Kier alpha value is -1.88. The van der Waals surface area contributed by atoms with Crippen LogP contribution in [0.3, 0.4) is 0 Å². The smallest absolute Gasteiger partial charge is 0.253 e. The van der Waals surface area contributed by atoms with E-state index < -0.39 is 5.60 Å². The number of benzene rings is 1. The third kappa shape index (κ3) is 3.85. The summed E-state index contributed by atoms with van der Waals surface area (Å²) in [5.74, 6) is -0.312. The van der Waals surface area contributed by atoms with Gasteiger partial charge in [-0.3, -0.25) is 9.59 Å². The average molecular weight is 304 g/mol. The Bertz CT molecular complexity index is 577. The topological polar surface area (TPSA) is 69.6 Å². The van der Waals surface area contributed by atoms with Crippen LogP contribution in [-0.2, 0) is 4.79 Å². The Balaban J connectivity index is 2.12. The maximum Gasteiger partial charge on any atom is 0.253 e. The zero-order chi connectivity index (χ0) is 16.3. The summed E-state index contributed by atoms with van der Waals surface area (Å²) < 4.78 is 0. The fraction of sp³-hybridized carbons (Fsp3) is 0.529. The van der Waals surface area contributed by atoms with Crippen LogP contribution in [0.1, 0.15) is 48.5 Å². The normalized spacial score (nSPS) is 16.4. The number of amides is 2. The number of rotatable bonds is 4. The van der Waals surface area contributed by atoms with Crippen LogP contribution in [0.4, 0.5) is 5.69 Å². The fourth-order valence-corrected chi connectivity index (χ4v) is 3.00. The van der Waals surface area contributed by atoms with Crippen molar-refractivity contribution in [2.24, 2.45) is 0 Å². The van der Waals surface area contributed by atoms with Crippen LogP contribution in [0.25, 0.3) is 0 Å². The van der Waals surface area contributed by atoms with Crippen molar-refractivity contribution in [3.8, 4) is 0 Å². The number of carbonyl (C=O) groups is 2. The quantitative estimate of drug-likeness (QED) is 0.897. The SMILES string of the molecule is CC(=O)Nc1cc(C(=O)N(C)CC2(O)CCCC2)ccc1C. The molecule has 1 fully saturated rings. The average Bonchev–Trinajstić information content (AvgIpc) is 2.86. The molecule has 0 spiro atoms. The first-order chi connectivity index (χ1) is 10.3. The highest BCUT2D eigenvalue weighted by molar-refractivity contribution is 5.97. The molecule has 2 amide bonds. The fourth-order valence-electron chi connectivity index (χ4n) is 3.00. The minimum atomic E-state index is -0.754. The van der Waals surface area contributed by atoms with Crippen LogP contribution < -0.4 is 5.32 Å². The Labute approximate surface area is 131 Å². The molecule has 5 nitrogen and oxygen atoms in total. The first kappa shape index (κ1) is 16.5. The molecule has 1 aromatic carbocycles. The highest BCUT2D eigenvalue weighted by Gasteiger charge is 2.33. The maximum absolute atomic E-state index is 12.5. The predicted molar refractivity (Wildman–Crippen MR) is 85.9 cm³/mol. The molecule has 1 saturated carbocycles. The Morgan fingerprint density at radius 3 is 2.55 bits per heavy atom. The van der Waals surface area contributed by atoms with Crippen molar-refractivity contribution < 1.29 is 14.7 Å². The molecule has 120 valence electrons. The molecule has 0 saturated heterocycles. The first-order valence-electron chi connectivity index (χ1n) is 7.67. The molecule has 5 heteroatoms. The molecule has 0 radical (unpaired) electrons. The van der Waals surface area contributed by atoms with Gasteiger partial charge in [-0.1, -0.05) is 18.9 Å². The Morgan fingerprint density at radius 2 is 1.95 bits per heavy atom. The number of aliphatic hydroxyl groups is 1. The highest BCUT2D eigenvalue weighted by Crippen LogP contribution is 2.30. The number of carbonyl (C=O) groups excluding carboxylic acids is 2.